The molecule has 0 aliphatic heterocycles. The average Bonchev–Trinajstić information content (AvgIpc) is 2.36. The van der Waals surface area contributed by atoms with E-state index in [1.807, 2.05) is 6.92 Å². The van der Waals surface area contributed by atoms with E-state index in [2.05, 4.69) is 4.98 Å². The van der Waals surface area contributed by atoms with Gasteiger partial charge in [0.2, 0.25) is 0 Å². The number of nitrogens with zero attached hydrogens (tertiary/aromatic N) is 1. The van der Waals surface area contributed by atoms with Gasteiger partial charge in [0, 0.05) is 32.0 Å². The molecule has 102 valence electrons. The van der Waals surface area contributed by atoms with Crippen molar-refractivity contribution < 1.29 is 9.47 Å². The second kappa shape index (κ2) is 7.84. The number of nitrogens with one attached hydrogen (secondary N) is 1. The van der Waals surface area contributed by atoms with E-state index in [1.54, 1.807) is 13.3 Å². The molecule has 1 aromatic heterocycles. The zero-order valence-corrected chi connectivity index (χ0v) is 10.9. The van der Waals surface area contributed by atoms with Crippen LogP contribution in [0.5, 0.6) is 0 Å². The highest BCUT2D eigenvalue weighted by Gasteiger charge is 2.02. The number of ether oxygens (including phenoxy) is 2. The SMILES string of the molecule is CCc1cn(CCCOCCOC)c(=O)[nH]c1=O. The van der Waals surface area contributed by atoms with Crippen LogP contribution in [0, 0.1) is 0 Å². The number of H-pyrrole nitrogens is 1. The Balaban J connectivity index is 2.47. The molecule has 1 heterocycles. The third-order valence-corrected chi connectivity index (χ3v) is 2.59. The lowest BCUT2D eigenvalue weighted by molar-refractivity contribution is 0.0679. The molecule has 0 aliphatic carbocycles. The monoisotopic (exact) mass is 256 g/mol. The first kappa shape index (κ1) is 14.7. The Kier molecular flexibility index (Phi) is 6.38. The highest BCUT2D eigenvalue weighted by molar-refractivity contribution is 5.03. The Morgan fingerprint density at radius 1 is 1.28 bits per heavy atom. The van der Waals surface area contributed by atoms with Crippen LogP contribution >= 0.6 is 0 Å². The average molecular weight is 256 g/mol. The van der Waals surface area contributed by atoms with Crippen molar-refractivity contribution >= 4 is 0 Å². The number of aromatic nitrogens is 2. The number of rotatable bonds is 8. The number of methoxy groups -OCH3 is 1. The predicted molar refractivity (Wildman–Crippen MR) is 68.0 cm³/mol. The van der Waals surface area contributed by atoms with E-state index in [-0.39, 0.29) is 11.2 Å². The highest BCUT2D eigenvalue weighted by atomic mass is 16.5. The summed E-state index contributed by atoms with van der Waals surface area (Å²) in [5.41, 5.74) is -0.0425. The molecule has 0 fully saturated rings. The zero-order chi connectivity index (χ0) is 13.4. The van der Waals surface area contributed by atoms with Crippen molar-refractivity contribution in [3.8, 4) is 0 Å². The summed E-state index contributed by atoms with van der Waals surface area (Å²) in [6.45, 7) is 4.11. The second-order valence-corrected chi connectivity index (χ2v) is 3.92. The van der Waals surface area contributed by atoms with Crippen LogP contribution in [-0.2, 0) is 22.4 Å². The Bertz CT molecular complexity index is 464. The van der Waals surface area contributed by atoms with Gasteiger partial charge in [-0.05, 0) is 12.8 Å². The predicted octanol–water partition coefficient (Wildman–Crippen LogP) is 0.152. The van der Waals surface area contributed by atoms with Gasteiger partial charge in [-0.3, -0.25) is 9.78 Å². The Hall–Kier alpha value is -1.40. The molecule has 0 spiro atoms. The molecule has 6 nitrogen and oxygen atoms in total. The third-order valence-electron chi connectivity index (χ3n) is 2.59. The minimum absolute atomic E-state index is 0.296. The van der Waals surface area contributed by atoms with Crippen molar-refractivity contribution in [1.82, 2.24) is 9.55 Å². The molecule has 0 aliphatic rings. The van der Waals surface area contributed by atoms with E-state index in [9.17, 15) is 9.59 Å². The normalized spacial score (nSPS) is 10.8. The molecular formula is C12H20N2O4. The first-order chi connectivity index (χ1) is 8.69. The van der Waals surface area contributed by atoms with Crippen molar-refractivity contribution in [2.45, 2.75) is 26.3 Å². The molecule has 0 amide bonds. The first-order valence-corrected chi connectivity index (χ1v) is 6.08. The van der Waals surface area contributed by atoms with Crippen LogP contribution in [0.25, 0.3) is 0 Å². The van der Waals surface area contributed by atoms with Gasteiger partial charge in [-0.25, -0.2) is 4.79 Å². The summed E-state index contributed by atoms with van der Waals surface area (Å²) in [6.07, 6.45) is 2.95. The molecule has 0 saturated heterocycles. The number of hydrogen-bond donors (Lipinski definition) is 1. The summed E-state index contributed by atoms with van der Waals surface area (Å²) < 4.78 is 11.7. The summed E-state index contributed by atoms with van der Waals surface area (Å²) in [7, 11) is 1.62. The van der Waals surface area contributed by atoms with E-state index in [1.165, 1.54) is 4.57 Å². The molecule has 0 unspecified atom stereocenters. The fourth-order valence-corrected chi connectivity index (χ4v) is 1.55. The van der Waals surface area contributed by atoms with E-state index in [0.29, 0.717) is 38.3 Å². The number of aromatic amines is 1. The van der Waals surface area contributed by atoms with Crippen molar-refractivity contribution in [3.63, 3.8) is 0 Å². The first-order valence-electron chi connectivity index (χ1n) is 6.08. The van der Waals surface area contributed by atoms with Crippen molar-refractivity contribution in [2.24, 2.45) is 0 Å². The van der Waals surface area contributed by atoms with Crippen LogP contribution in [0.3, 0.4) is 0 Å². The molecule has 1 N–H and O–H groups in total. The molecule has 18 heavy (non-hydrogen) atoms. The maximum absolute atomic E-state index is 11.5. The van der Waals surface area contributed by atoms with Gasteiger partial charge in [-0.1, -0.05) is 6.92 Å². The molecule has 0 radical (unpaired) electrons. The summed E-state index contributed by atoms with van der Waals surface area (Å²) in [4.78, 5) is 25.2. The molecule has 1 aromatic rings. The standard InChI is InChI=1S/C12H20N2O4/c1-3-10-9-14(12(16)13-11(10)15)5-4-6-18-8-7-17-2/h9H,3-8H2,1-2H3,(H,13,15,16). The van der Waals surface area contributed by atoms with Gasteiger partial charge in [-0.15, -0.1) is 0 Å². The lowest BCUT2D eigenvalue weighted by Crippen LogP contribution is -2.31. The maximum Gasteiger partial charge on any atom is 0.328 e. The minimum Gasteiger partial charge on any atom is -0.382 e. The van der Waals surface area contributed by atoms with E-state index >= 15 is 0 Å². The van der Waals surface area contributed by atoms with Gasteiger partial charge in [0.05, 0.1) is 13.2 Å². The molecule has 6 heteroatoms. The lowest BCUT2D eigenvalue weighted by atomic mass is 10.2. The van der Waals surface area contributed by atoms with Crippen LogP contribution in [0.4, 0.5) is 0 Å². The van der Waals surface area contributed by atoms with E-state index in [4.69, 9.17) is 9.47 Å². The molecule has 0 bridgehead atoms. The van der Waals surface area contributed by atoms with Gasteiger partial charge in [0.25, 0.3) is 5.56 Å². The number of hydrogen-bond acceptors (Lipinski definition) is 4. The highest BCUT2D eigenvalue weighted by Crippen LogP contribution is 1.92. The zero-order valence-electron chi connectivity index (χ0n) is 10.9. The summed E-state index contributed by atoms with van der Waals surface area (Å²) >= 11 is 0. The van der Waals surface area contributed by atoms with Crippen molar-refractivity contribution in [2.75, 3.05) is 26.9 Å². The molecule has 1 rings (SSSR count). The topological polar surface area (TPSA) is 73.3 Å². The van der Waals surface area contributed by atoms with Crippen LogP contribution in [0.2, 0.25) is 0 Å². The van der Waals surface area contributed by atoms with Crippen molar-refractivity contribution in [3.05, 3.63) is 32.6 Å². The Morgan fingerprint density at radius 3 is 2.72 bits per heavy atom. The quantitative estimate of drug-likeness (QED) is 0.672. The lowest BCUT2D eigenvalue weighted by Gasteiger charge is -2.07. The van der Waals surface area contributed by atoms with Crippen molar-refractivity contribution in [1.29, 1.82) is 0 Å². The van der Waals surface area contributed by atoms with Crippen LogP contribution in [0.1, 0.15) is 18.9 Å². The fourth-order valence-electron chi connectivity index (χ4n) is 1.55. The van der Waals surface area contributed by atoms with Gasteiger partial charge < -0.3 is 14.0 Å². The van der Waals surface area contributed by atoms with Crippen LogP contribution < -0.4 is 11.2 Å². The summed E-state index contributed by atoms with van der Waals surface area (Å²) in [5.74, 6) is 0. The smallest absolute Gasteiger partial charge is 0.328 e. The Morgan fingerprint density at radius 2 is 2.06 bits per heavy atom. The second-order valence-electron chi connectivity index (χ2n) is 3.92. The fraction of sp³-hybridized carbons (Fsp3) is 0.667. The van der Waals surface area contributed by atoms with Crippen LogP contribution in [0.15, 0.2) is 15.8 Å². The summed E-state index contributed by atoms with van der Waals surface area (Å²) in [5, 5.41) is 0. The van der Waals surface area contributed by atoms with Gasteiger partial charge in [0.1, 0.15) is 0 Å². The minimum atomic E-state index is -0.367. The van der Waals surface area contributed by atoms with Gasteiger partial charge >= 0.3 is 5.69 Å². The third kappa shape index (κ3) is 4.46. The molecule has 0 atom stereocenters. The maximum atomic E-state index is 11.5. The molecule has 0 aromatic carbocycles. The Labute approximate surface area is 106 Å². The van der Waals surface area contributed by atoms with Gasteiger partial charge in [-0.2, -0.15) is 0 Å². The number of aryl methyl sites for hydroxylation is 2. The van der Waals surface area contributed by atoms with Crippen LogP contribution in [-0.4, -0.2) is 36.5 Å². The molecule has 0 saturated carbocycles. The van der Waals surface area contributed by atoms with E-state index < -0.39 is 0 Å². The van der Waals surface area contributed by atoms with Gasteiger partial charge in [0.15, 0.2) is 0 Å². The van der Waals surface area contributed by atoms with E-state index in [0.717, 1.165) is 6.42 Å². The largest absolute Gasteiger partial charge is 0.382 e. The molecular weight excluding hydrogens is 236 g/mol. The summed E-state index contributed by atoms with van der Waals surface area (Å²) in [6, 6.07) is 0.